The van der Waals surface area contributed by atoms with Crippen LogP contribution in [0, 0.1) is 17.8 Å². The fraction of sp³-hybridized carbons (Fsp3) is 1.00. The van der Waals surface area contributed by atoms with Crippen LogP contribution in [0.4, 0.5) is 0 Å². The van der Waals surface area contributed by atoms with Crippen molar-refractivity contribution in [2.24, 2.45) is 17.8 Å². The number of rotatable bonds is 6. The minimum Gasteiger partial charge on any atom is -0.314 e. The molecule has 2 aliphatic rings. The Morgan fingerprint density at radius 2 is 1.95 bits per heavy atom. The monoisotopic (exact) mass is 298 g/mol. The molecular formula is C17H34N2S. The smallest absolute Gasteiger partial charge is 0.0108 e. The summed E-state index contributed by atoms with van der Waals surface area (Å²) in [5, 5.41) is 3.84. The van der Waals surface area contributed by atoms with Crippen LogP contribution in [0.1, 0.15) is 46.5 Å². The van der Waals surface area contributed by atoms with E-state index < -0.39 is 0 Å². The van der Waals surface area contributed by atoms with Crippen molar-refractivity contribution in [3.63, 3.8) is 0 Å². The standard InChI is InChI=1S/C17H34N2S/c1-4-7-18-17-6-5-15(14(2)3)12-16(17)13-19-8-10-20-11-9-19/h14-18H,4-13H2,1-3H3. The molecule has 3 unspecified atom stereocenters. The number of hydrogen-bond donors (Lipinski definition) is 1. The Hall–Kier alpha value is 0.270. The molecule has 0 amide bonds. The molecule has 1 heterocycles. The first-order chi connectivity index (χ1) is 9.70. The molecule has 1 saturated carbocycles. The first-order valence-electron chi connectivity index (χ1n) is 8.74. The quantitative estimate of drug-likeness (QED) is 0.808. The van der Waals surface area contributed by atoms with Gasteiger partial charge in [-0.25, -0.2) is 0 Å². The Balaban J connectivity index is 1.89. The highest BCUT2D eigenvalue weighted by Gasteiger charge is 2.32. The summed E-state index contributed by atoms with van der Waals surface area (Å²) in [5.74, 6) is 5.38. The maximum absolute atomic E-state index is 3.84. The molecule has 20 heavy (non-hydrogen) atoms. The molecule has 3 atom stereocenters. The van der Waals surface area contributed by atoms with Gasteiger partial charge in [0, 0.05) is 37.2 Å². The van der Waals surface area contributed by atoms with E-state index in [1.54, 1.807) is 0 Å². The van der Waals surface area contributed by atoms with E-state index >= 15 is 0 Å². The highest BCUT2D eigenvalue weighted by Crippen LogP contribution is 2.34. The lowest BCUT2D eigenvalue weighted by Gasteiger charge is -2.41. The summed E-state index contributed by atoms with van der Waals surface area (Å²) in [6.07, 6.45) is 5.54. The Bertz CT molecular complexity index is 264. The molecule has 2 fully saturated rings. The third kappa shape index (κ3) is 4.92. The summed E-state index contributed by atoms with van der Waals surface area (Å²) in [7, 11) is 0. The molecule has 0 bridgehead atoms. The molecule has 3 heteroatoms. The lowest BCUT2D eigenvalue weighted by Crippen LogP contribution is -2.48. The van der Waals surface area contributed by atoms with Crippen molar-refractivity contribution in [3.8, 4) is 0 Å². The first-order valence-corrected chi connectivity index (χ1v) is 9.89. The van der Waals surface area contributed by atoms with E-state index in [9.17, 15) is 0 Å². The molecule has 0 aromatic carbocycles. The molecular weight excluding hydrogens is 264 g/mol. The van der Waals surface area contributed by atoms with Crippen LogP contribution in [0.3, 0.4) is 0 Å². The Morgan fingerprint density at radius 1 is 1.20 bits per heavy atom. The maximum atomic E-state index is 3.84. The van der Waals surface area contributed by atoms with Crippen molar-refractivity contribution in [3.05, 3.63) is 0 Å². The number of thioether (sulfide) groups is 1. The van der Waals surface area contributed by atoms with Crippen molar-refractivity contribution in [2.45, 2.75) is 52.5 Å². The van der Waals surface area contributed by atoms with Crippen molar-refractivity contribution >= 4 is 11.8 Å². The molecule has 2 nitrogen and oxygen atoms in total. The number of hydrogen-bond acceptors (Lipinski definition) is 3. The van der Waals surface area contributed by atoms with E-state index in [4.69, 9.17) is 0 Å². The Labute approximate surface area is 130 Å². The predicted octanol–water partition coefficient (Wildman–Crippen LogP) is 3.48. The van der Waals surface area contributed by atoms with Crippen molar-refractivity contribution in [1.29, 1.82) is 0 Å². The van der Waals surface area contributed by atoms with Gasteiger partial charge in [0.15, 0.2) is 0 Å². The molecule has 0 aromatic heterocycles. The predicted molar refractivity (Wildman–Crippen MR) is 91.5 cm³/mol. The zero-order chi connectivity index (χ0) is 14.4. The van der Waals surface area contributed by atoms with Gasteiger partial charge in [-0.3, -0.25) is 0 Å². The van der Waals surface area contributed by atoms with Gasteiger partial charge < -0.3 is 10.2 Å². The lowest BCUT2D eigenvalue weighted by atomic mass is 9.73. The zero-order valence-corrected chi connectivity index (χ0v) is 14.6. The van der Waals surface area contributed by atoms with Crippen molar-refractivity contribution in [2.75, 3.05) is 37.7 Å². The van der Waals surface area contributed by atoms with Gasteiger partial charge in [-0.2, -0.15) is 11.8 Å². The van der Waals surface area contributed by atoms with Gasteiger partial charge in [0.1, 0.15) is 0 Å². The van der Waals surface area contributed by atoms with Crippen molar-refractivity contribution < 1.29 is 0 Å². The second kappa shape index (κ2) is 8.65. The van der Waals surface area contributed by atoms with Crippen LogP contribution in [-0.4, -0.2) is 48.6 Å². The summed E-state index contributed by atoms with van der Waals surface area (Å²) in [5.41, 5.74) is 0. The van der Waals surface area contributed by atoms with Gasteiger partial charge in [0.25, 0.3) is 0 Å². The fourth-order valence-electron chi connectivity index (χ4n) is 3.82. The second-order valence-corrected chi connectivity index (χ2v) is 8.28. The van der Waals surface area contributed by atoms with E-state index in [2.05, 4.69) is 42.7 Å². The van der Waals surface area contributed by atoms with Crippen LogP contribution in [0.5, 0.6) is 0 Å². The summed E-state index contributed by atoms with van der Waals surface area (Å²) in [6, 6.07) is 0.777. The van der Waals surface area contributed by atoms with Crippen LogP contribution >= 0.6 is 11.8 Å². The summed E-state index contributed by atoms with van der Waals surface area (Å²) >= 11 is 2.12. The first kappa shape index (κ1) is 16.6. The molecule has 1 N–H and O–H groups in total. The molecule has 118 valence electrons. The highest BCUT2D eigenvalue weighted by molar-refractivity contribution is 7.99. The van der Waals surface area contributed by atoms with Gasteiger partial charge in [-0.15, -0.1) is 0 Å². The van der Waals surface area contributed by atoms with Crippen LogP contribution in [0.15, 0.2) is 0 Å². The summed E-state index contributed by atoms with van der Waals surface area (Å²) < 4.78 is 0. The maximum Gasteiger partial charge on any atom is 0.0108 e. The average Bonchev–Trinajstić information content (AvgIpc) is 2.47. The topological polar surface area (TPSA) is 15.3 Å². The zero-order valence-electron chi connectivity index (χ0n) is 13.7. The Morgan fingerprint density at radius 3 is 2.60 bits per heavy atom. The average molecular weight is 299 g/mol. The van der Waals surface area contributed by atoms with E-state index in [0.717, 1.165) is 23.8 Å². The van der Waals surface area contributed by atoms with E-state index in [1.807, 2.05) is 0 Å². The highest BCUT2D eigenvalue weighted by atomic mass is 32.2. The fourth-order valence-corrected chi connectivity index (χ4v) is 4.80. The van der Waals surface area contributed by atoms with Crippen molar-refractivity contribution in [1.82, 2.24) is 10.2 Å². The van der Waals surface area contributed by atoms with Crippen LogP contribution < -0.4 is 5.32 Å². The van der Waals surface area contributed by atoms with Gasteiger partial charge in [-0.05, 0) is 50.0 Å². The van der Waals surface area contributed by atoms with Gasteiger partial charge in [0.05, 0.1) is 0 Å². The molecule has 0 aromatic rings. The van der Waals surface area contributed by atoms with Gasteiger partial charge >= 0.3 is 0 Å². The molecule has 0 spiro atoms. The second-order valence-electron chi connectivity index (χ2n) is 7.05. The lowest BCUT2D eigenvalue weighted by molar-refractivity contribution is 0.126. The minimum absolute atomic E-state index is 0.777. The van der Waals surface area contributed by atoms with Crippen LogP contribution in [0.25, 0.3) is 0 Å². The normalized spacial score (nSPS) is 32.7. The molecule has 1 saturated heterocycles. The van der Waals surface area contributed by atoms with E-state index in [-0.39, 0.29) is 0 Å². The molecule has 2 rings (SSSR count). The molecule has 1 aliphatic heterocycles. The number of nitrogens with one attached hydrogen (secondary N) is 1. The number of nitrogens with zero attached hydrogens (tertiary/aromatic N) is 1. The van der Waals surface area contributed by atoms with Gasteiger partial charge in [0.2, 0.25) is 0 Å². The van der Waals surface area contributed by atoms with Gasteiger partial charge in [-0.1, -0.05) is 20.8 Å². The van der Waals surface area contributed by atoms with E-state index in [0.29, 0.717) is 0 Å². The van der Waals surface area contributed by atoms with E-state index in [1.165, 1.54) is 63.4 Å². The molecule has 0 radical (unpaired) electrons. The third-order valence-electron chi connectivity index (χ3n) is 5.22. The minimum atomic E-state index is 0.777. The largest absolute Gasteiger partial charge is 0.314 e. The molecule has 1 aliphatic carbocycles. The Kier molecular flexibility index (Phi) is 7.20. The third-order valence-corrected chi connectivity index (χ3v) is 6.16. The summed E-state index contributed by atoms with van der Waals surface area (Å²) in [6.45, 7) is 12.3. The SMILES string of the molecule is CCCNC1CCC(C(C)C)CC1CN1CCSCC1. The summed E-state index contributed by atoms with van der Waals surface area (Å²) in [4.78, 5) is 2.73. The van der Waals surface area contributed by atoms with Crippen LogP contribution in [0.2, 0.25) is 0 Å². The van der Waals surface area contributed by atoms with Crippen LogP contribution in [-0.2, 0) is 0 Å².